The van der Waals surface area contributed by atoms with Crippen molar-refractivity contribution in [2.24, 2.45) is 11.5 Å². The molecule has 1 aliphatic heterocycles. The van der Waals surface area contributed by atoms with Crippen LogP contribution in [0.25, 0.3) is 0 Å². The second-order valence-electron chi connectivity index (χ2n) is 3.50. The van der Waals surface area contributed by atoms with Crippen LogP contribution in [0.5, 0.6) is 0 Å². The molecule has 0 amide bonds. The van der Waals surface area contributed by atoms with E-state index in [1.165, 1.54) is 0 Å². The number of hydrogen-bond acceptors (Lipinski definition) is 5. The van der Waals surface area contributed by atoms with Crippen LogP contribution >= 0.6 is 0 Å². The van der Waals surface area contributed by atoms with E-state index < -0.39 is 6.48 Å². The SMILES string of the molecule is CCCC(N)COC1OCC(CN)O1. The van der Waals surface area contributed by atoms with Crippen LogP contribution in [0.1, 0.15) is 19.8 Å². The molecule has 1 saturated heterocycles. The zero-order chi connectivity index (χ0) is 10.4. The summed E-state index contributed by atoms with van der Waals surface area (Å²) in [6, 6.07) is 0.0594. The highest BCUT2D eigenvalue weighted by Gasteiger charge is 2.25. The van der Waals surface area contributed by atoms with E-state index in [-0.39, 0.29) is 12.1 Å². The van der Waals surface area contributed by atoms with Crippen molar-refractivity contribution >= 4 is 0 Å². The molecule has 3 atom stereocenters. The molecule has 0 bridgehead atoms. The normalized spacial score (nSPS) is 29.4. The molecule has 0 aliphatic carbocycles. The first kappa shape index (κ1) is 11.9. The molecule has 0 spiro atoms. The van der Waals surface area contributed by atoms with Gasteiger partial charge in [0.25, 0.3) is 6.48 Å². The number of rotatable bonds is 6. The molecule has 1 aliphatic rings. The first-order valence-electron chi connectivity index (χ1n) is 5.10. The van der Waals surface area contributed by atoms with E-state index >= 15 is 0 Å². The fourth-order valence-electron chi connectivity index (χ4n) is 1.29. The molecule has 1 fully saturated rings. The molecular formula is C9H20N2O3. The van der Waals surface area contributed by atoms with Gasteiger partial charge < -0.3 is 25.7 Å². The van der Waals surface area contributed by atoms with Gasteiger partial charge in [0.05, 0.1) is 19.3 Å². The Kier molecular flexibility index (Phi) is 5.36. The molecule has 84 valence electrons. The molecule has 1 heterocycles. The predicted molar refractivity (Wildman–Crippen MR) is 52.5 cm³/mol. The summed E-state index contributed by atoms with van der Waals surface area (Å²) in [5.74, 6) is 0. The summed E-state index contributed by atoms with van der Waals surface area (Å²) in [5.41, 5.74) is 11.2. The van der Waals surface area contributed by atoms with Crippen molar-refractivity contribution in [2.75, 3.05) is 19.8 Å². The van der Waals surface area contributed by atoms with E-state index in [9.17, 15) is 0 Å². The van der Waals surface area contributed by atoms with Gasteiger partial charge in [0, 0.05) is 12.6 Å². The standard InChI is InChI=1S/C9H20N2O3/c1-2-3-7(11)5-12-9-13-6-8(4-10)14-9/h7-9H,2-6,10-11H2,1H3. The Balaban J connectivity index is 2.07. The molecule has 14 heavy (non-hydrogen) atoms. The number of nitrogens with two attached hydrogens (primary N) is 2. The molecule has 5 nitrogen and oxygen atoms in total. The van der Waals surface area contributed by atoms with Crippen molar-refractivity contribution in [2.45, 2.75) is 38.4 Å². The van der Waals surface area contributed by atoms with Gasteiger partial charge >= 0.3 is 0 Å². The van der Waals surface area contributed by atoms with Crippen LogP contribution in [0.3, 0.4) is 0 Å². The Morgan fingerprint density at radius 2 is 2.36 bits per heavy atom. The number of hydrogen-bond donors (Lipinski definition) is 2. The van der Waals surface area contributed by atoms with Crippen LogP contribution in [0, 0.1) is 0 Å². The highest BCUT2D eigenvalue weighted by molar-refractivity contribution is 4.63. The Labute approximate surface area is 84.7 Å². The summed E-state index contributed by atoms with van der Waals surface area (Å²) < 4.78 is 15.8. The molecule has 0 radical (unpaired) electrons. The lowest BCUT2D eigenvalue weighted by Gasteiger charge is -2.15. The van der Waals surface area contributed by atoms with Crippen LogP contribution in [-0.4, -0.2) is 38.4 Å². The van der Waals surface area contributed by atoms with E-state index in [0.717, 1.165) is 12.8 Å². The second kappa shape index (κ2) is 6.31. The van der Waals surface area contributed by atoms with Gasteiger partial charge in [-0.05, 0) is 6.42 Å². The fourth-order valence-corrected chi connectivity index (χ4v) is 1.29. The number of ether oxygens (including phenoxy) is 3. The summed E-state index contributed by atoms with van der Waals surface area (Å²) in [6.07, 6.45) is 1.97. The van der Waals surface area contributed by atoms with E-state index in [4.69, 9.17) is 25.7 Å². The summed E-state index contributed by atoms with van der Waals surface area (Å²) in [4.78, 5) is 0. The first-order valence-corrected chi connectivity index (χ1v) is 5.10. The van der Waals surface area contributed by atoms with Crippen molar-refractivity contribution in [3.8, 4) is 0 Å². The van der Waals surface area contributed by atoms with Gasteiger partial charge in [0.1, 0.15) is 0 Å². The first-order chi connectivity index (χ1) is 6.76. The highest BCUT2D eigenvalue weighted by atomic mass is 16.9. The summed E-state index contributed by atoms with van der Waals surface area (Å²) in [7, 11) is 0. The lowest BCUT2D eigenvalue weighted by atomic mass is 10.2. The molecule has 0 aromatic heterocycles. The summed E-state index contributed by atoms with van der Waals surface area (Å²) >= 11 is 0. The van der Waals surface area contributed by atoms with Crippen molar-refractivity contribution in [1.82, 2.24) is 0 Å². The van der Waals surface area contributed by atoms with Gasteiger partial charge in [-0.15, -0.1) is 0 Å². The molecule has 0 aromatic rings. The van der Waals surface area contributed by atoms with Crippen LogP contribution < -0.4 is 11.5 Å². The minimum Gasteiger partial charge on any atom is -0.328 e. The molecule has 3 unspecified atom stereocenters. The Morgan fingerprint density at radius 1 is 1.57 bits per heavy atom. The maximum atomic E-state index is 5.77. The van der Waals surface area contributed by atoms with Crippen molar-refractivity contribution in [3.05, 3.63) is 0 Å². The van der Waals surface area contributed by atoms with E-state index in [2.05, 4.69) is 6.92 Å². The maximum Gasteiger partial charge on any atom is 0.272 e. The van der Waals surface area contributed by atoms with Gasteiger partial charge in [-0.1, -0.05) is 13.3 Å². The fraction of sp³-hybridized carbons (Fsp3) is 1.00. The lowest BCUT2D eigenvalue weighted by Crippen LogP contribution is -2.30. The van der Waals surface area contributed by atoms with E-state index in [1.54, 1.807) is 0 Å². The Hall–Kier alpha value is -0.200. The summed E-state index contributed by atoms with van der Waals surface area (Å²) in [6.45, 7) is 2.94. The Morgan fingerprint density at radius 3 is 2.93 bits per heavy atom. The lowest BCUT2D eigenvalue weighted by molar-refractivity contribution is -0.238. The smallest absolute Gasteiger partial charge is 0.272 e. The molecule has 1 rings (SSSR count). The molecule has 5 heteroatoms. The van der Waals surface area contributed by atoms with Crippen LogP contribution in [0.15, 0.2) is 0 Å². The van der Waals surface area contributed by atoms with Gasteiger partial charge in [0.2, 0.25) is 0 Å². The van der Waals surface area contributed by atoms with Crippen LogP contribution in [0.2, 0.25) is 0 Å². The summed E-state index contributed by atoms with van der Waals surface area (Å²) in [5, 5.41) is 0. The topological polar surface area (TPSA) is 79.7 Å². The van der Waals surface area contributed by atoms with Gasteiger partial charge in [-0.25, -0.2) is 0 Å². The second-order valence-corrected chi connectivity index (χ2v) is 3.50. The molecule has 4 N–H and O–H groups in total. The zero-order valence-electron chi connectivity index (χ0n) is 8.65. The van der Waals surface area contributed by atoms with Crippen LogP contribution in [0.4, 0.5) is 0 Å². The molecule has 0 aromatic carbocycles. The zero-order valence-corrected chi connectivity index (χ0v) is 8.65. The monoisotopic (exact) mass is 204 g/mol. The molecule has 0 saturated carbocycles. The van der Waals surface area contributed by atoms with E-state index in [0.29, 0.717) is 19.8 Å². The third-order valence-corrected chi connectivity index (χ3v) is 2.09. The van der Waals surface area contributed by atoms with Crippen molar-refractivity contribution in [3.63, 3.8) is 0 Å². The minimum absolute atomic E-state index is 0.0394. The Bertz CT molecular complexity index is 157. The largest absolute Gasteiger partial charge is 0.328 e. The quantitative estimate of drug-likeness (QED) is 0.625. The van der Waals surface area contributed by atoms with Gasteiger partial charge in [-0.2, -0.15) is 0 Å². The van der Waals surface area contributed by atoms with Crippen molar-refractivity contribution < 1.29 is 14.2 Å². The average molecular weight is 204 g/mol. The van der Waals surface area contributed by atoms with Gasteiger partial charge in [-0.3, -0.25) is 0 Å². The third-order valence-electron chi connectivity index (χ3n) is 2.09. The van der Waals surface area contributed by atoms with Crippen LogP contribution in [-0.2, 0) is 14.2 Å². The highest BCUT2D eigenvalue weighted by Crippen LogP contribution is 2.12. The van der Waals surface area contributed by atoms with Gasteiger partial charge in [0.15, 0.2) is 0 Å². The predicted octanol–water partition coefficient (Wildman–Crippen LogP) is -0.212. The molecular weight excluding hydrogens is 184 g/mol. The minimum atomic E-state index is -0.577. The van der Waals surface area contributed by atoms with E-state index in [1.807, 2.05) is 0 Å². The van der Waals surface area contributed by atoms with Crippen molar-refractivity contribution in [1.29, 1.82) is 0 Å². The third kappa shape index (κ3) is 3.89. The average Bonchev–Trinajstić information content (AvgIpc) is 2.63. The maximum absolute atomic E-state index is 5.77.